The maximum Gasteiger partial charge on any atom is 0.250 e. The van der Waals surface area contributed by atoms with Crippen LogP contribution >= 0.6 is 23.2 Å². The molecule has 9 heteroatoms. The summed E-state index contributed by atoms with van der Waals surface area (Å²) in [5.41, 5.74) is -1.38. The van der Waals surface area contributed by atoms with E-state index in [1.165, 1.54) is 32.0 Å². The van der Waals surface area contributed by atoms with E-state index in [9.17, 15) is 18.3 Å². The van der Waals surface area contributed by atoms with Crippen molar-refractivity contribution in [2.75, 3.05) is 5.75 Å². The predicted molar refractivity (Wildman–Crippen MR) is 82.2 cm³/mol. The van der Waals surface area contributed by atoms with Crippen LogP contribution in [0.5, 0.6) is 0 Å². The Labute approximate surface area is 137 Å². The fourth-order valence-corrected chi connectivity index (χ4v) is 3.12. The molecule has 2 rings (SSSR count). The molecule has 1 heterocycles. The number of aliphatic hydroxyl groups is 1. The number of carbonyl (C=O) groups is 1. The number of aliphatic hydroxyl groups excluding tert-OH is 1. The lowest BCUT2D eigenvalue weighted by molar-refractivity contribution is -0.131. The highest BCUT2D eigenvalue weighted by atomic mass is 35.5. The van der Waals surface area contributed by atoms with E-state index in [4.69, 9.17) is 27.9 Å². The smallest absolute Gasteiger partial charge is 0.250 e. The van der Waals surface area contributed by atoms with Gasteiger partial charge < -0.3 is 9.84 Å². The zero-order valence-corrected chi connectivity index (χ0v) is 14.0. The van der Waals surface area contributed by atoms with Crippen LogP contribution in [0, 0.1) is 0 Å². The second kappa shape index (κ2) is 5.64. The van der Waals surface area contributed by atoms with Crippen molar-refractivity contribution in [3.05, 3.63) is 45.5 Å². The normalized spacial score (nSPS) is 21.9. The number of ketones is 1. The number of hydrogen-bond acceptors (Lipinski definition) is 5. The van der Waals surface area contributed by atoms with E-state index in [2.05, 4.69) is 0 Å². The molecule has 0 spiro atoms. The summed E-state index contributed by atoms with van der Waals surface area (Å²) in [6, 6.07) is 4.41. The molecule has 0 aliphatic carbocycles. The quantitative estimate of drug-likeness (QED) is 0.854. The maximum atomic E-state index is 12.3. The second-order valence-corrected chi connectivity index (χ2v) is 7.63. The second-order valence-electron chi connectivity index (χ2n) is 4.77. The highest BCUT2D eigenvalue weighted by Gasteiger charge is 2.49. The first-order chi connectivity index (χ1) is 10.1. The number of halogens is 2. The van der Waals surface area contributed by atoms with Crippen molar-refractivity contribution < 1.29 is 23.1 Å². The summed E-state index contributed by atoms with van der Waals surface area (Å²) in [5, 5.41) is 10.4. The number of ether oxygens (including phenoxy) is 1. The van der Waals surface area contributed by atoms with Crippen LogP contribution in [0.25, 0.3) is 0 Å². The summed E-state index contributed by atoms with van der Waals surface area (Å²) in [7, 11) is -3.71. The van der Waals surface area contributed by atoms with Gasteiger partial charge >= 0.3 is 0 Å². The molecule has 1 aliphatic heterocycles. The molecule has 22 heavy (non-hydrogen) atoms. The Bertz CT molecular complexity index is 775. The van der Waals surface area contributed by atoms with E-state index in [1.807, 2.05) is 4.72 Å². The summed E-state index contributed by atoms with van der Waals surface area (Å²) in [4.78, 5) is 12.3. The maximum absolute atomic E-state index is 12.3. The molecule has 1 aromatic carbocycles. The molecule has 1 unspecified atom stereocenters. The number of sulfonamides is 1. The zero-order valence-electron chi connectivity index (χ0n) is 11.7. The molecule has 0 saturated carbocycles. The van der Waals surface area contributed by atoms with Gasteiger partial charge in [0.25, 0.3) is 5.78 Å². The molecule has 0 bridgehead atoms. The SMILES string of the molecule is CCS(=O)(=O)NC1=C(O)C(=O)C(C)(c2ccc(Cl)cc2Cl)O1. The fraction of sp³-hybridized carbons (Fsp3) is 0.308. The average molecular weight is 366 g/mol. The Morgan fingerprint density at radius 3 is 2.55 bits per heavy atom. The van der Waals surface area contributed by atoms with Gasteiger partial charge in [-0.2, -0.15) is 0 Å². The summed E-state index contributed by atoms with van der Waals surface area (Å²) in [6.45, 7) is 2.79. The number of nitrogens with one attached hydrogen (secondary N) is 1. The van der Waals surface area contributed by atoms with Crippen LogP contribution in [0.4, 0.5) is 0 Å². The van der Waals surface area contributed by atoms with Gasteiger partial charge in [-0.15, -0.1) is 0 Å². The molecule has 1 atom stereocenters. The van der Waals surface area contributed by atoms with E-state index in [-0.39, 0.29) is 16.3 Å². The van der Waals surface area contributed by atoms with Gasteiger partial charge in [-0.25, -0.2) is 8.42 Å². The lowest BCUT2D eigenvalue weighted by Gasteiger charge is -2.24. The lowest BCUT2D eigenvalue weighted by atomic mass is 9.91. The molecule has 0 radical (unpaired) electrons. The van der Waals surface area contributed by atoms with E-state index >= 15 is 0 Å². The summed E-state index contributed by atoms with van der Waals surface area (Å²) in [6.07, 6.45) is 0. The molecule has 6 nitrogen and oxygen atoms in total. The van der Waals surface area contributed by atoms with Gasteiger partial charge in [-0.3, -0.25) is 9.52 Å². The van der Waals surface area contributed by atoms with Gasteiger partial charge in [-0.05, 0) is 26.0 Å². The monoisotopic (exact) mass is 365 g/mol. The first-order valence-corrected chi connectivity index (χ1v) is 8.64. The molecule has 0 saturated heterocycles. The molecule has 1 aliphatic rings. The van der Waals surface area contributed by atoms with Gasteiger partial charge in [0.15, 0.2) is 0 Å². The molecule has 120 valence electrons. The molecular weight excluding hydrogens is 353 g/mol. The zero-order chi connectivity index (χ0) is 16.7. The number of hydrogen-bond donors (Lipinski definition) is 2. The number of rotatable bonds is 4. The summed E-state index contributed by atoms with van der Waals surface area (Å²) < 4.78 is 30.6. The van der Waals surface area contributed by atoms with E-state index in [0.717, 1.165) is 0 Å². The van der Waals surface area contributed by atoms with Crippen molar-refractivity contribution in [2.24, 2.45) is 0 Å². The molecular formula is C13H13Cl2NO5S. The highest BCUT2D eigenvalue weighted by molar-refractivity contribution is 7.89. The fourth-order valence-electron chi connectivity index (χ4n) is 1.96. The molecule has 0 fully saturated rings. The third-order valence-corrected chi connectivity index (χ3v) is 5.05. The number of benzene rings is 1. The first kappa shape index (κ1) is 16.9. The van der Waals surface area contributed by atoms with Crippen LogP contribution in [0.2, 0.25) is 10.0 Å². The number of Topliss-reactive ketones (excluding diaryl/α,β-unsaturated/α-hetero) is 1. The minimum Gasteiger partial charge on any atom is -0.501 e. The van der Waals surface area contributed by atoms with Crippen molar-refractivity contribution in [3.8, 4) is 0 Å². The standard InChI is InChI=1S/C13H13Cl2NO5S/c1-3-22(19,20)16-12-10(17)11(18)13(2,21-12)8-5-4-7(14)6-9(8)15/h4-6,16-17H,3H2,1-2H3. The molecule has 1 aromatic rings. The van der Waals surface area contributed by atoms with Gasteiger partial charge in [0.2, 0.25) is 27.3 Å². The van der Waals surface area contributed by atoms with Crippen LogP contribution in [-0.4, -0.2) is 25.1 Å². The van der Waals surface area contributed by atoms with Gasteiger partial charge in [0, 0.05) is 15.6 Å². The third-order valence-electron chi connectivity index (χ3n) is 3.24. The van der Waals surface area contributed by atoms with Gasteiger partial charge in [0.1, 0.15) is 0 Å². The van der Waals surface area contributed by atoms with Crippen molar-refractivity contribution in [1.82, 2.24) is 4.72 Å². The number of carbonyl (C=O) groups excluding carboxylic acids is 1. The third kappa shape index (κ3) is 2.88. The van der Waals surface area contributed by atoms with Gasteiger partial charge in [0.05, 0.1) is 5.75 Å². The van der Waals surface area contributed by atoms with Crippen molar-refractivity contribution in [1.29, 1.82) is 0 Å². The van der Waals surface area contributed by atoms with Crippen molar-refractivity contribution in [3.63, 3.8) is 0 Å². The molecule has 0 aromatic heterocycles. The van der Waals surface area contributed by atoms with E-state index in [0.29, 0.717) is 5.02 Å². The Balaban J connectivity index is 2.42. The van der Waals surface area contributed by atoms with Gasteiger partial charge in [-0.1, -0.05) is 29.3 Å². The van der Waals surface area contributed by atoms with Crippen molar-refractivity contribution >= 4 is 39.0 Å². The summed E-state index contributed by atoms with van der Waals surface area (Å²) >= 11 is 11.9. The molecule has 2 N–H and O–H groups in total. The summed E-state index contributed by atoms with van der Waals surface area (Å²) in [5.74, 6) is -2.35. The molecule has 0 amide bonds. The van der Waals surface area contributed by atoms with Crippen LogP contribution in [0.15, 0.2) is 29.8 Å². The Morgan fingerprint density at radius 1 is 1.36 bits per heavy atom. The predicted octanol–water partition coefficient (Wildman–Crippen LogP) is 2.47. The Morgan fingerprint density at radius 2 is 2.00 bits per heavy atom. The van der Waals surface area contributed by atoms with Crippen LogP contribution in [-0.2, 0) is 25.2 Å². The minimum atomic E-state index is -3.71. The van der Waals surface area contributed by atoms with Crippen LogP contribution in [0.1, 0.15) is 19.4 Å². The Hall–Kier alpha value is -1.44. The topological polar surface area (TPSA) is 92.7 Å². The van der Waals surface area contributed by atoms with E-state index in [1.54, 1.807) is 0 Å². The van der Waals surface area contributed by atoms with Crippen LogP contribution < -0.4 is 4.72 Å². The lowest BCUT2D eigenvalue weighted by Crippen LogP contribution is -2.32. The minimum absolute atomic E-state index is 0.163. The van der Waals surface area contributed by atoms with E-state index < -0.39 is 33.0 Å². The highest BCUT2D eigenvalue weighted by Crippen LogP contribution is 2.40. The Kier molecular flexibility index (Phi) is 4.34. The first-order valence-electron chi connectivity index (χ1n) is 6.24. The van der Waals surface area contributed by atoms with Crippen LogP contribution in [0.3, 0.4) is 0 Å². The average Bonchev–Trinajstić information content (AvgIpc) is 2.63. The van der Waals surface area contributed by atoms with Crippen molar-refractivity contribution in [2.45, 2.75) is 19.4 Å². The largest absolute Gasteiger partial charge is 0.501 e.